The van der Waals surface area contributed by atoms with Gasteiger partial charge in [-0.2, -0.15) is 8.42 Å². The predicted octanol–water partition coefficient (Wildman–Crippen LogP) is 5.79. The lowest BCUT2D eigenvalue weighted by molar-refractivity contribution is 0.0966. The number of piperidine rings is 1. The summed E-state index contributed by atoms with van der Waals surface area (Å²) in [7, 11) is -4.14. The van der Waals surface area contributed by atoms with Crippen molar-refractivity contribution >= 4 is 38.5 Å². The van der Waals surface area contributed by atoms with Gasteiger partial charge in [0.2, 0.25) is 0 Å². The summed E-state index contributed by atoms with van der Waals surface area (Å²) in [6.07, 6.45) is 3.82. The first-order chi connectivity index (χ1) is 18.3. The maximum atomic E-state index is 13.0. The number of likely N-dealkylation sites (tertiary alicyclic amines) is 1. The van der Waals surface area contributed by atoms with Gasteiger partial charge in [-0.25, -0.2) is 0 Å². The van der Waals surface area contributed by atoms with E-state index in [2.05, 4.69) is 33.4 Å². The Kier molecular flexibility index (Phi) is 6.42. The van der Waals surface area contributed by atoms with Gasteiger partial charge in [-0.3, -0.25) is 9.69 Å². The molecule has 1 aromatic heterocycles. The number of rotatable bonds is 6. The Labute approximate surface area is 226 Å². The molecule has 9 heteroatoms. The zero-order chi connectivity index (χ0) is 26.4. The van der Waals surface area contributed by atoms with E-state index in [0.717, 1.165) is 41.8 Å². The van der Waals surface area contributed by atoms with Crippen LogP contribution in [0.25, 0.3) is 22.2 Å². The third kappa shape index (κ3) is 4.68. The van der Waals surface area contributed by atoms with Crippen molar-refractivity contribution in [3.63, 3.8) is 0 Å². The second-order valence-corrected chi connectivity index (χ2v) is 12.0. The minimum atomic E-state index is -4.14. The van der Waals surface area contributed by atoms with Gasteiger partial charge in [-0.1, -0.05) is 30.2 Å². The average Bonchev–Trinajstić information content (AvgIpc) is 3.50. The first kappa shape index (κ1) is 25.0. The normalized spacial score (nSPS) is 16.0. The molecule has 0 saturated carbocycles. The van der Waals surface area contributed by atoms with Crippen LogP contribution in [0.1, 0.15) is 46.3 Å². The van der Waals surface area contributed by atoms with Gasteiger partial charge in [0.25, 0.3) is 5.91 Å². The van der Waals surface area contributed by atoms with Crippen LogP contribution in [0.3, 0.4) is 0 Å². The van der Waals surface area contributed by atoms with Crippen molar-refractivity contribution in [2.75, 3.05) is 13.1 Å². The fraction of sp³-hybridized carbons (Fsp3) is 0.276. The highest BCUT2D eigenvalue weighted by Gasteiger charge is 2.30. The SMILES string of the molecule is Cc1ccc(S(=O)(=O)Oc2ccc(-c3cc4cc(CN5CCCCC5)ccc4[nH]3)c3c2CNC3=O)cc1Cl. The predicted molar refractivity (Wildman–Crippen MR) is 148 cm³/mol. The lowest BCUT2D eigenvalue weighted by Gasteiger charge is -2.26. The molecule has 1 fully saturated rings. The molecular weight excluding hydrogens is 522 g/mol. The molecule has 2 aliphatic rings. The fourth-order valence-electron chi connectivity index (χ4n) is 5.32. The van der Waals surface area contributed by atoms with Gasteiger partial charge in [-0.05, 0) is 86.4 Å². The van der Waals surface area contributed by atoms with Crippen LogP contribution in [0.4, 0.5) is 0 Å². The lowest BCUT2D eigenvalue weighted by Crippen LogP contribution is -2.28. The number of aromatic nitrogens is 1. The number of halogens is 1. The summed E-state index contributed by atoms with van der Waals surface area (Å²) in [5, 5.41) is 4.22. The van der Waals surface area contributed by atoms with Crippen molar-refractivity contribution in [1.82, 2.24) is 15.2 Å². The van der Waals surface area contributed by atoms with E-state index in [9.17, 15) is 13.2 Å². The monoisotopic (exact) mass is 549 g/mol. The molecule has 1 saturated heterocycles. The first-order valence-electron chi connectivity index (χ1n) is 12.8. The molecule has 196 valence electrons. The van der Waals surface area contributed by atoms with Crippen LogP contribution < -0.4 is 9.50 Å². The van der Waals surface area contributed by atoms with Crippen molar-refractivity contribution in [2.24, 2.45) is 0 Å². The molecule has 0 radical (unpaired) electrons. The summed E-state index contributed by atoms with van der Waals surface area (Å²) in [5.74, 6) is -0.139. The molecule has 7 nitrogen and oxygen atoms in total. The highest BCUT2D eigenvalue weighted by molar-refractivity contribution is 7.87. The number of H-pyrrole nitrogens is 1. The lowest BCUT2D eigenvalue weighted by atomic mass is 9.99. The van der Waals surface area contributed by atoms with Crippen LogP contribution in [0.15, 0.2) is 59.5 Å². The van der Waals surface area contributed by atoms with E-state index in [1.54, 1.807) is 25.1 Å². The van der Waals surface area contributed by atoms with E-state index in [1.807, 2.05) is 6.07 Å². The third-order valence-electron chi connectivity index (χ3n) is 7.38. The zero-order valence-corrected chi connectivity index (χ0v) is 22.6. The number of carbonyl (C=O) groups excluding carboxylic acids is 1. The molecule has 3 heterocycles. The fourth-order valence-corrected chi connectivity index (χ4v) is 6.55. The van der Waals surface area contributed by atoms with E-state index < -0.39 is 10.1 Å². The first-order valence-corrected chi connectivity index (χ1v) is 14.6. The minimum Gasteiger partial charge on any atom is -0.379 e. The summed E-state index contributed by atoms with van der Waals surface area (Å²) in [4.78, 5) is 18.7. The summed E-state index contributed by atoms with van der Waals surface area (Å²) in [6.45, 7) is 5.18. The Bertz CT molecular complexity index is 1670. The van der Waals surface area contributed by atoms with E-state index in [1.165, 1.54) is 37.0 Å². The second-order valence-electron chi connectivity index (χ2n) is 10.0. The van der Waals surface area contributed by atoms with E-state index in [4.69, 9.17) is 15.8 Å². The standard InChI is InChI=1S/C29H28ClN3O4S/c1-18-5-7-21(15-24(18)30)38(35,36)37-27-10-8-22(28-23(27)16-31-29(28)34)26-14-20-13-19(6-9-25(20)32-26)17-33-11-3-2-4-12-33/h5-10,13-15,32H,2-4,11-12,16-17H2,1H3,(H,31,34). The van der Waals surface area contributed by atoms with Crippen LogP contribution in [-0.2, 0) is 23.2 Å². The van der Waals surface area contributed by atoms with E-state index in [0.29, 0.717) is 21.7 Å². The number of aryl methyl sites for hydroxylation is 1. The maximum Gasteiger partial charge on any atom is 0.339 e. The topological polar surface area (TPSA) is 91.5 Å². The minimum absolute atomic E-state index is 0.0424. The Morgan fingerprint density at radius 3 is 2.61 bits per heavy atom. The molecular formula is C29H28ClN3O4S. The molecule has 0 atom stereocenters. The number of aromatic amines is 1. The van der Waals surface area contributed by atoms with Gasteiger partial charge in [0, 0.05) is 45.8 Å². The number of hydrogen-bond donors (Lipinski definition) is 2. The second kappa shape index (κ2) is 9.76. The molecule has 0 aliphatic carbocycles. The van der Waals surface area contributed by atoms with Crippen molar-refractivity contribution in [3.05, 3.63) is 81.9 Å². The number of fused-ring (bicyclic) bond motifs is 2. The molecule has 6 rings (SSSR count). The summed E-state index contributed by atoms with van der Waals surface area (Å²) < 4.78 is 31.5. The van der Waals surface area contributed by atoms with Gasteiger partial charge in [0.15, 0.2) is 0 Å². The molecule has 4 aromatic rings. The van der Waals surface area contributed by atoms with Crippen LogP contribution >= 0.6 is 11.6 Å². The zero-order valence-electron chi connectivity index (χ0n) is 21.0. The molecule has 2 N–H and O–H groups in total. The number of benzene rings is 3. The van der Waals surface area contributed by atoms with Gasteiger partial charge < -0.3 is 14.5 Å². The van der Waals surface area contributed by atoms with Gasteiger partial charge in [0.1, 0.15) is 10.6 Å². The largest absolute Gasteiger partial charge is 0.379 e. The molecule has 2 aliphatic heterocycles. The van der Waals surface area contributed by atoms with E-state index in [-0.39, 0.29) is 23.1 Å². The molecule has 0 spiro atoms. The van der Waals surface area contributed by atoms with Gasteiger partial charge >= 0.3 is 10.1 Å². The molecule has 1 amide bonds. The highest BCUT2D eigenvalue weighted by Crippen LogP contribution is 2.37. The molecule has 0 unspecified atom stereocenters. The summed E-state index contributed by atoms with van der Waals surface area (Å²) in [6, 6.07) is 16.3. The number of amides is 1. The molecule has 38 heavy (non-hydrogen) atoms. The van der Waals surface area contributed by atoms with Crippen molar-refractivity contribution < 1.29 is 17.4 Å². The average molecular weight is 550 g/mol. The van der Waals surface area contributed by atoms with Crippen molar-refractivity contribution in [3.8, 4) is 17.0 Å². The number of nitrogens with zero attached hydrogens (tertiary/aromatic N) is 1. The highest BCUT2D eigenvalue weighted by atomic mass is 35.5. The Hall–Kier alpha value is -3.33. The van der Waals surface area contributed by atoms with E-state index >= 15 is 0 Å². The number of nitrogens with one attached hydrogen (secondary N) is 2. The molecule has 0 bridgehead atoms. The van der Waals surface area contributed by atoms with Crippen molar-refractivity contribution in [1.29, 1.82) is 0 Å². The smallest absolute Gasteiger partial charge is 0.339 e. The summed E-state index contributed by atoms with van der Waals surface area (Å²) in [5.41, 5.74) is 5.43. The van der Waals surface area contributed by atoms with Gasteiger partial charge in [-0.15, -0.1) is 0 Å². The third-order valence-corrected chi connectivity index (χ3v) is 9.02. The molecule has 3 aromatic carbocycles. The Morgan fingerprint density at radius 2 is 1.82 bits per heavy atom. The maximum absolute atomic E-state index is 13.0. The van der Waals surface area contributed by atoms with Gasteiger partial charge in [0.05, 0.1) is 5.56 Å². The summed E-state index contributed by atoms with van der Waals surface area (Å²) >= 11 is 6.14. The van der Waals surface area contributed by atoms with Crippen LogP contribution in [0, 0.1) is 6.92 Å². The van der Waals surface area contributed by atoms with Crippen LogP contribution in [0.2, 0.25) is 5.02 Å². The Balaban J connectivity index is 1.33. The Morgan fingerprint density at radius 1 is 1.00 bits per heavy atom. The number of hydrogen-bond acceptors (Lipinski definition) is 5. The number of carbonyl (C=O) groups is 1. The van der Waals surface area contributed by atoms with Crippen LogP contribution in [-0.4, -0.2) is 37.3 Å². The van der Waals surface area contributed by atoms with Crippen LogP contribution in [0.5, 0.6) is 5.75 Å². The van der Waals surface area contributed by atoms with Crippen molar-refractivity contribution in [2.45, 2.75) is 44.2 Å². The quantitative estimate of drug-likeness (QED) is 0.297.